The molecule has 3 rings (SSSR count). The zero-order valence-corrected chi connectivity index (χ0v) is 10.5. The Morgan fingerprint density at radius 3 is 2.37 bits per heavy atom. The van der Waals surface area contributed by atoms with Gasteiger partial charge < -0.3 is 19.7 Å². The van der Waals surface area contributed by atoms with Gasteiger partial charge in [-0.25, -0.2) is 0 Å². The van der Waals surface area contributed by atoms with Crippen LogP contribution in [-0.2, 0) is 6.42 Å². The number of hydrogen-bond acceptors (Lipinski definition) is 4. The smallest absolute Gasteiger partial charge is 0.177 e. The van der Waals surface area contributed by atoms with Crippen molar-refractivity contribution in [1.82, 2.24) is 0 Å². The number of phenolic OH excluding ortho intramolecular Hbond substituents is 2. The molecule has 0 saturated carbocycles. The van der Waals surface area contributed by atoms with Gasteiger partial charge in [-0.1, -0.05) is 25.5 Å². The lowest BCUT2D eigenvalue weighted by atomic mass is 10.1. The highest BCUT2D eigenvalue weighted by Gasteiger charge is 2.25. The molecule has 0 spiro atoms. The Kier molecular flexibility index (Phi) is 2.71. The molecular weight excluding hydrogens is 244 g/mol. The highest BCUT2D eigenvalue weighted by Crippen LogP contribution is 2.51. The standard InChI is InChI=1S/C15H14O4/c1-2-5-9-14(17)10(16)8-13-15(9)19-12-7-4-3-6-11(12)18-13/h3-4,6-8,16-17H,2,5H2,1H3. The predicted octanol–water partition coefficient (Wildman–Crippen LogP) is 3.95. The molecule has 0 unspecified atom stereocenters. The molecule has 1 aliphatic heterocycles. The third-order valence-electron chi connectivity index (χ3n) is 3.08. The quantitative estimate of drug-likeness (QED) is 0.683. The van der Waals surface area contributed by atoms with Crippen LogP contribution in [0.25, 0.3) is 0 Å². The van der Waals surface area contributed by atoms with Crippen molar-refractivity contribution in [2.24, 2.45) is 0 Å². The summed E-state index contributed by atoms with van der Waals surface area (Å²) in [6.07, 6.45) is 1.43. The Labute approximate surface area is 110 Å². The van der Waals surface area contributed by atoms with Gasteiger partial charge in [-0.3, -0.25) is 0 Å². The summed E-state index contributed by atoms with van der Waals surface area (Å²) in [5.41, 5.74) is 0.576. The van der Waals surface area contributed by atoms with E-state index in [0.717, 1.165) is 6.42 Å². The summed E-state index contributed by atoms with van der Waals surface area (Å²) < 4.78 is 11.5. The lowest BCUT2D eigenvalue weighted by Gasteiger charge is -2.23. The first-order chi connectivity index (χ1) is 9.20. The number of ether oxygens (including phenoxy) is 2. The maximum Gasteiger partial charge on any atom is 0.177 e. The van der Waals surface area contributed by atoms with Crippen LogP contribution in [0, 0.1) is 0 Å². The molecular formula is C15H14O4. The van der Waals surface area contributed by atoms with Crippen LogP contribution in [0.4, 0.5) is 0 Å². The fraction of sp³-hybridized carbons (Fsp3) is 0.200. The summed E-state index contributed by atoms with van der Waals surface area (Å²) in [6, 6.07) is 8.67. The molecule has 0 saturated heterocycles. The average molecular weight is 258 g/mol. The van der Waals surface area contributed by atoms with Crippen LogP contribution < -0.4 is 9.47 Å². The van der Waals surface area contributed by atoms with E-state index in [4.69, 9.17) is 9.47 Å². The first-order valence-electron chi connectivity index (χ1n) is 6.23. The summed E-state index contributed by atoms with van der Waals surface area (Å²) in [5.74, 6) is 1.79. The molecule has 2 aromatic rings. The van der Waals surface area contributed by atoms with Crippen molar-refractivity contribution in [2.45, 2.75) is 19.8 Å². The number of benzene rings is 2. The van der Waals surface area contributed by atoms with E-state index in [0.29, 0.717) is 35.0 Å². The van der Waals surface area contributed by atoms with E-state index < -0.39 is 0 Å². The van der Waals surface area contributed by atoms with Crippen LogP contribution in [0.15, 0.2) is 30.3 Å². The molecule has 4 heteroatoms. The van der Waals surface area contributed by atoms with Crippen molar-refractivity contribution in [3.63, 3.8) is 0 Å². The first-order valence-corrected chi connectivity index (χ1v) is 6.23. The topological polar surface area (TPSA) is 58.9 Å². The van der Waals surface area contributed by atoms with Gasteiger partial charge in [0, 0.05) is 11.6 Å². The number of aromatic hydroxyl groups is 2. The minimum absolute atomic E-state index is 0.136. The number of fused-ring (bicyclic) bond motifs is 2. The lowest BCUT2D eigenvalue weighted by Crippen LogP contribution is -2.02. The van der Waals surface area contributed by atoms with E-state index in [1.165, 1.54) is 6.07 Å². The summed E-state index contributed by atoms with van der Waals surface area (Å²) in [4.78, 5) is 0. The molecule has 4 nitrogen and oxygen atoms in total. The van der Waals surface area contributed by atoms with Crippen molar-refractivity contribution in [3.8, 4) is 34.5 Å². The largest absolute Gasteiger partial charge is 0.504 e. The highest BCUT2D eigenvalue weighted by molar-refractivity contribution is 5.64. The van der Waals surface area contributed by atoms with Gasteiger partial charge in [-0.05, 0) is 18.6 Å². The van der Waals surface area contributed by atoms with Crippen molar-refractivity contribution in [2.75, 3.05) is 0 Å². The third kappa shape index (κ3) is 1.85. The molecule has 0 aliphatic carbocycles. The Morgan fingerprint density at radius 1 is 1.00 bits per heavy atom. The molecule has 2 aromatic carbocycles. The highest BCUT2D eigenvalue weighted by atomic mass is 16.6. The second kappa shape index (κ2) is 4.39. The second-order valence-corrected chi connectivity index (χ2v) is 4.45. The molecule has 0 fully saturated rings. The van der Waals surface area contributed by atoms with E-state index in [2.05, 4.69) is 0 Å². The molecule has 2 N–H and O–H groups in total. The van der Waals surface area contributed by atoms with Gasteiger partial charge in [0.2, 0.25) is 0 Å². The van der Waals surface area contributed by atoms with Crippen LogP contribution in [0.2, 0.25) is 0 Å². The lowest BCUT2D eigenvalue weighted by molar-refractivity contribution is 0.340. The Bertz CT molecular complexity index is 634. The van der Waals surface area contributed by atoms with Gasteiger partial charge in [0.05, 0.1) is 0 Å². The van der Waals surface area contributed by atoms with Crippen molar-refractivity contribution in [1.29, 1.82) is 0 Å². The maximum atomic E-state index is 9.95. The second-order valence-electron chi connectivity index (χ2n) is 4.45. The monoisotopic (exact) mass is 258 g/mol. The van der Waals surface area contributed by atoms with Gasteiger partial charge in [0.25, 0.3) is 0 Å². The van der Waals surface area contributed by atoms with Gasteiger partial charge in [-0.2, -0.15) is 0 Å². The van der Waals surface area contributed by atoms with E-state index in [1.807, 2.05) is 19.1 Å². The van der Waals surface area contributed by atoms with Crippen LogP contribution in [0.3, 0.4) is 0 Å². The van der Waals surface area contributed by atoms with Gasteiger partial charge >= 0.3 is 0 Å². The van der Waals surface area contributed by atoms with E-state index in [9.17, 15) is 10.2 Å². The fourth-order valence-corrected chi connectivity index (χ4v) is 2.19. The molecule has 0 bridgehead atoms. The minimum Gasteiger partial charge on any atom is -0.504 e. The summed E-state index contributed by atoms with van der Waals surface area (Å²) in [6.45, 7) is 1.99. The van der Waals surface area contributed by atoms with Crippen LogP contribution >= 0.6 is 0 Å². The minimum atomic E-state index is -0.190. The normalized spacial score (nSPS) is 12.1. The number of para-hydroxylation sites is 2. The molecule has 0 atom stereocenters. The van der Waals surface area contributed by atoms with E-state index >= 15 is 0 Å². The van der Waals surface area contributed by atoms with Crippen LogP contribution in [-0.4, -0.2) is 10.2 Å². The summed E-state index contributed by atoms with van der Waals surface area (Å²) in [7, 11) is 0. The average Bonchev–Trinajstić information content (AvgIpc) is 2.42. The SMILES string of the molecule is CCCc1c(O)c(O)cc2c1Oc1ccccc1O2. The maximum absolute atomic E-state index is 9.95. The predicted molar refractivity (Wildman–Crippen MR) is 70.4 cm³/mol. The molecule has 1 heterocycles. The number of hydrogen-bond donors (Lipinski definition) is 2. The van der Waals surface area contributed by atoms with E-state index in [-0.39, 0.29) is 11.5 Å². The Hall–Kier alpha value is -2.36. The molecule has 0 aromatic heterocycles. The number of phenols is 2. The van der Waals surface area contributed by atoms with E-state index in [1.54, 1.807) is 12.1 Å². The molecule has 19 heavy (non-hydrogen) atoms. The van der Waals surface area contributed by atoms with Gasteiger partial charge in [0.15, 0.2) is 34.5 Å². The third-order valence-corrected chi connectivity index (χ3v) is 3.08. The Balaban J connectivity index is 2.14. The zero-order valence-electron chi connectivity index (χ0n) is 10.5. The summed E-state index contributed by atoms with van der Waals surface area (Å²) >= 11 is 0. The van der Waals surface area contributed by atoms with Gasteiger partial charge in [0.1, 0.15) is 0 Å². The van der Waals surface area contributed by atoms with Crippen molar-refractivity contribution < 1.29 is 19.7 Å². The molecule has 1 aliphatic rings. The Morgan fingerprint density at radius 2 is 1.68 bits per heavy atom. The summed E-state index contributed by atoms with van der Waals surface area (Å²) in [5, 5.41) is 19.7. The van der Waals surface area contributed by atoms with Crippen LogP contribution in [0.1, 0.15) is 18.9 Å². The van der Waals surface area contributed by atoms with Crippen molar-refractivity contribution >= 4 is 0 Å². The zero-order chi connectivity index (χ0) is 13.4. The van der Waals surface area contributed by atoms with Crippen LogP contribution in [0.5, 0.6) is 34.5 Å². The molecule has 0 radical (unpaired) electrons. The van der Waals surface area contributed by atoms with Gasteiger partial charge in [-0.15, -0.1) is 0 Å². The fourth-order valence-electron chi connectivity index (χ4n) is 2.19. The first kappa shape index (κ1) is 11.7. The molecule has 0 amide bonds. The number of rotatable bonds is 2. The molecule has 98 valence electrons. The van der Waals surface area contributed by atoms with Crippen molar-refractivity contribution in [3.05, 3.63) is 35.9 Å².